The van der Waals surface area contributed by atoms with E-state index >= 15 is 0 Å². The number of rotatable bonds is 6. The minimum Gasteiger partial charge on any atom is -0.313 e. The van der Waals surface area contributed by atoms with E-state index in [-0.39, 0.29) is 0 Å². The molecule has 2 aromatic rings. The van der Waals surface area contributed by atoms with Crippen LogP contribution >= 0.6 is 0 Å². The summed E-state index contributed by atoms with van der Waals surface area (Å²) in [5.41, 5.74) is 2.74. The molecule has 0 saturated carbocycles. The van der Waals surface area contributed by atoms with Gasteiger partial charge in [0.2, 0.25) is 0 Å². The van der Waals surface area contributed by atoms with Gasteiger partial charge < -0.3 is 5.32 Å². The van der Waals surface area contributed by atoms with Crippen LogP contribution in [0.2, 0.25) is 0 Å². The Hall–Kier alpha value is -1.67. The van der Waals surface area contributed by atoms with E-state index in [1.54, 1.807) is 0 Å². The van der Waals surface area contributed by atoms with Crippen molar-refractivity contribution < 1.29 is 0 Å². The van der Waals surface area contributed by atoms with E-state index in [1.165, 1.54) is 17.5 Å². The average molecular weight is 240 g/mol. The Morgan fingerprint density at radius 1 is 1.06 bits per heavy atom. The molecule has 2 heteroatoms. The van der Waals surface area contributed by atoms with Crippen LogP contribution in [0.5, 0.6) is 0 Å². The number of pyridine rings is 1. The fourth-order valence-electron chi connectivity index (χ4n) is 2.22. The summed E-state index contributed by atoms with van der Waals surface area (Å²) in [6, 6.07) is 15.3. The Morgan fingerprint density at radius 3 is 2.44 bits per heavy atom. The van der Waals surface area contributed by atoms with Gasteiger partial charge in [0.25, 0.3) is 0 Å². The molecule has 0 radical (unpaired) electrons. The Kier molecular flexibility index (Phi) is 4.91. The average Bonchev–Trinajstić information content (AvgIpc) is 2.46. The van der Waals surface area contributed by atoms with Gasteiger partial charge in [-0.1, -0.05) is 30.3 Å². The molecule has 0 bridgehead atoms. The number of aromatic nitrogens is 1. The zero-order valence-electron chi connectivity index (χ0n) is 10.8. The molecule has 1 N–H and O–H groups in total. The molecule has 1 unspecified atom stereocenters. The van der Waals surface area contributed by atoms with Crippen LogP contribution in [-0.4, -0.2) is 12.0 Å². The van der Waals surface area contributed by atoms with Crippen LogP contribution in [0.3, 0.4) is 0 Å². The molecule has 0 aliphatic heterocycles. The summed E-state index contributed by atoms with van der Waals surface area (Å²) >= 11 is 0. The van der Waals surface area contributed by atoms with Crippen molar-refractivity contribution in [2.24, 2.45) is 0 Å². The highest BCUT2D eigenvalue weighted by Gasteiger charge is 2.07. The molecule has 0 spiro atoms. The maximum absolute atomic E-state index is 4.04. The maximum Gasteiger partial charge on any atom is 0.0317 e. The lowest BCUT2D eigenvalue weighted by atomic mass is 9.99. The first-order valence-corrected chi connectivity index (χ1v) is 6.51. The third kappa shape index (κ3) is 3.67. The fraction of sp³-hybridized carbons (Fsp3) is 0.312. The van der Waals surface area contributed by atoms with Crippen LogP contribution in [0.15, 0.2) is 54.9 Å². The molecule has 0 fully saturated rings. The second kappa shape index (κ2) is 6.92. The van der Waals surface area contributed by atoms with Crippen LogP contribution in [0, 0.1) is 0 Å². The number of hydrogen-bond donors (Lipinski definition) is 1. The number of hydrogen-bond acceptors (Lipinski definition) is 2. The van der Waals surface area contributed by atoms with Crippen molar-refractivity contribution in [1.82, 2.24) is 10.3 Å². The minimum absolute atomic E-state index is 0.452. The second-order valence-corrected chi connectivity index (χ2v) is 4.50. The zero-order valence-corrected chi connectivity index (χ0v) is 10.8. The van der Waals surface area contributed by atoms with Crippen molar-refractivity contribution in [1.29, 1.82) is 0 Å². The van der Waals surface area contributed by atoms with Crippen molar-refractivity contribution in [2.75, 3.05) is 7.05 Å². The normalized spacial score (nSPS) is 12.3. The summed E-state index contributed by atoms with van der Waals surface area (Å²) < 4.78 is 0. The van der Waals surface area contributed by atoms with Gasteiger partial charge in [-0.15, -0.1) is 0 Å². The molecular formula is C16H20N2. The van der Waals surface area contributed by atoms with Crippen molar-refractivity contribution in [3.63, 3.8) is 0 Å². The zero-order chi connectivity index (χ0) is 12.6. The van der Waals surface area contributed by atoms with Gasteiger partial charge in [-0.25, -0.2) is 0 Å². The topological polar surface area (TPSA) is 24.9 Å². The molecule has 0 saturated heterocycles. The lowest BCUT2D eigenvalue weighted by molar-refractivity contribution is 0.527. The largest absolute Gasteiger partial charge is 0.313 e. The molecule has 2 nitrogen and oxygen atoms in total. The number of benzene rings is 1. The Bertz CT molecular complexity index is 439. The fourth-order valence-corrected chi connectivity index (χ4v) is 2.22. The smallest absolute Gasteiger partial charge is 0.0317 e. The van der Waals surface area contributed by atoms with Crippen molar-refractivity contribution >= 4 is 0 Å². The van der Waals surface area contributed by atoms with Gasteiger partial charge in [-0.2, -0.15) is 0 Å². The molecule has 1 atom stereocenters. The molecule has 1 aromatic heterocycles. The van der Waals surface area contributed by atoms with Gasteiger partial charge in [0.1, 0.15) is 0 Å². The van der Waals surface area contributed by atoms with E-state index in [1.807, 2.05) is 19.4 Å². The molecule has 0 aliphatic rings. The first-order chi connectivity index (χ1) is 8.90. The van der Waals surface area contributed by atoms with E-state index in [0.717, 1.165) is 12.8 Å². The lowest BCUT2D eigenvalue weighted by Crippen LogP contribution is -2.16. The highest BCUT2D eigenvalue weighted by atomic mass is 14.9. The van der Waals surface area contributed by atoms with Crippen molar-refractivity contribution in [2.45, 2.75) is 25.3 Å². The van der Waals surface area contributed by atoms with Gasteiger partial charge in [-0.05, 0) is 49.6 Å². The van der Waals surface area contributed by atoms with Crippen LogP contribution in [0.4, 0.5) is 0 Å². The molecule has 0 amide bonds. The number of nitrogens with one attached hydrogen (secondary N) is 1. The number of aryl methyl sites for hydroxylation is 1. The van der Waals surface area contributed by atoms with Gasteiger partial charge >= 0.3 is 0 Å². The molecule has 18 heavy (non-hydrogen) atoms. The number of nitrogens with zero attached hydrogens (tertiary/aromatic N) is 1. The van der Waals surface area contributed by atoms with Gasteiger partial charge in [-0.3, -0.25) is 4.98 Å². The second-order valence-electron chi connectivity index (χ2n) is 4.50. The minimum atomic E-state index is 0.452. The highest BCUT2D eigenvalue weighted by Crippen LogP contribution is 2.18. The quantitative estimate of drug-likeness (QED) is 0.837. The Labute approximate surface area is 109 Å². The summed E-state index contributed by atoms with van der Waals surface area (Å²) in [7, 11) is 2.03. The predicted octanol–water partition coefficient (Wildman–Crippen LogP) is 3.37. The summed E-state index contributed by atoms with van der Waals surface area (Å²) in [6.07, 6.45) is 7.19. The summed E-state index contributed by atoms with van der Waals surface area (Å²) in [4.78, 5) is 4.04. The van der Waals surface area contributed by atoms with E-state index in [4.69, 9.17) is 0 Å². The Morgan fingerprint density at radius 2 is 1.78 bits per heavy atom. The molecule has 0 aliphatic carbocycles. The standard InChI is InChI=1S/C16H20N2/c1-17-16(15-7-3-2-4-8-15)9-5-6-14-10-12-18-13-11-14/h2-4,7-8,10-13,16-17H,5-6,9H2,1H3. The summed E-state index contributed by atoms with van der Waals surface area (Å²) in [6.45, 7) is 0. The van der Waals surface area contributed by atoms with Crippen LogP contribution in [0.1, 0.15) is 30.0 Å². The first kappa shape index (κ1) is 12.8. The molecular weight excluding hydrogens is 220 g/mol. The molecule has 2 rings (SSSR count). The predicted molar refractivity (Wildman–Crippen MR) is 75.4 cm³/mol. The first-order valence-electron chi connectivity index (χ1n) is 6.51. The molecule has 94 valence electrons. The van der Waals surface area contributed by atoms with E-state index < -0.39 is 0 Å². The van der Waals surface area contributed by atoms with E-state index in [9.17, 15) is 0 Å². The summed E-state index contributed by atoms with van der Waals surface area (Å²) in [5.74, 6) is 0. The van der Waals surface area contributed by atoms with Crippen molar-refractivity contribution in [3.05, 3.63) is 66.0 Å². The van der Waals surface area contributed by atoms with Crippen LogP contribution in [-0.2, 0) is 6.42 Å². The van der Waals surface area contributed by atoms with E-state index in [0.29, 0.717) is 6.04 Å². The van der Waals surface area contributed by atoms with Crippen molar-refractivity contribution in [3.8, 4) is 0 Å². The Balaban J connectivity index is 1.85. The third-order valence-corrected chi connectivity index (χ3v) is 3.26. The SMILES string of the molecule is CNC(CCCc1ccncc1)c1ccccc1. The lowest BCUT2D eigenvalue weighted by Gasteiger charge is -2.16. The monoisotopic (exact) mass is 240 g/mol. The molecule has 1 aromatic carbocycles. The molecule has 1 heterocycles. The van der Waals surface area contributed by atoms with Gasteiger partial charge in [0.05, 0.1) is 0 Å². The van der Waals surface area contributed by atoms with E-state index in [2.05, 4.69) is 52.8 Å². The van der Waals surface area contributed by atoms with Crippen LogP contribution < -0.4 is 5.32 Å². The van der Waals surface area contributed by atoms with Crippen LogP contribution in [0.25, 0.3) is 0 Å². The summed E-state index contributed by atoms with van der Waals surface area (Å²) in [5, 5.41) is 3.39. The van der Waals surface area contributed by atoms with Gasteiger partial charge in [0, 0.05) is 18.4 Å². The highest BCUT2D eigenvalue weighted by molar-refractivity contribution is 5.18. The third-order valence-electron chi connectivity index (χ3n) is 3.26. The maximum atomic E-state index is 4.04. The van der Waals surface area contributed by atoms with Gasteiger partial charge in [0.15, 0.2) is 0 Å².